The lowest BCUT2D eigenvalue weighted by atomic mass is 10.1. The van der Waals surface area contributed by atoms with E-state index in [2.05, 4.69) is 10.2 Å². The second-order valence-electron chi connectivity index (χ2n) is 2.61. The molecule has 0 N–H and O–H groups in total. The van der Waals surface area contributed by atoms with Crippen molar-refractivity contribution in [1.29, 1.82) is 0 Å². The third kappa shape index (κ3) is 0.824. The highest BCUT2D eigenvalue weighted by atomic mass is 16.2. The van der Waals surface area contributed by atoms with E-state index in [1.165, 1.54) is 0 Å². The second kappa shape index (κ2) is 2.08. The van der Waals surface area contributed by atoms with E-state index < -0.39 is 11.7 Å². The second-order valence-corrected chi connectivity index (χ2v) is 2.61. The van der Waals surface area contributed by atoms with E-state index in [4.69, 9.17) is 0 Å². The summed E-state index contributed by atoms with van der Waals surface area (Å²) in [5, 5.41) is 6.89. The van der Waals surface area contributed by atoms with Gasteiger partial charge in [0.05, 0.1) is 5.70 Å². The van der Waals surface area contributed by atoms with Crippen LogP contribution < -0.4 is 0 Å². The molecular weight excluding hydrogens is 144 g/mol. The van der Waals surface area contributed by atoms with Crippen molar-refractivity contribution in [2.24, 2.45) is 10.2 Å². The van der Waals surface area contributed by atoms with E-state index in [0.29, 0.717) is 12.0 Å². The van der Waals surface area contributed by atoms with Gasteiger partial charge in [-0.25, -0.2) is 0 Å². The van der Waals surface area contributed by atoms with Gasteiger partial charge in [-0.15, -0.1) is 5.11 Å². The molecule has 11 heavy (non-hydrogen) atoms. The Labute approximate surface area is 63.0 Å². The first-order chi connectivity index (χ1) is 5.29. The predicted molar refractivity (Wildman–Crippen MR) is 35.7 cm³/mol. The van der Waals surface area contributed by atoms with Crippen LogP contribution in [0.1, 0.15) is 19.3 Å². The van der Waals surface area contributed by atoms with Crippen LogP contribution in [-0.4, -0.2) is 11.7 Å². The van der Waals surface area contributed by atoms with Crippen molar-refractivity contribution >= 4 is 11.7 Å². The van der Waals surface area contributed by atoms with Crippen LogP contribution in [0.5, 0.6) is 0 Å². The van der Waals surface area contributed by atoms with E-state index in [1.807, 2.05) is 0 Å². The quantitative estimate of drug-likeness (QED) is 0.483. The highest BCUT2D eigenvalue weighted by Gasteiger charge is 2.29. The van der Waals surface area contributed by atoms with Gasteiger partial charge in [0.25, 0.3) is 5.78 Å². The topological polar surface area (TPSA) is 58.9 Å². The number of ketones is 1. The minimum Gasteiger partial charge on any atom is -0.283 e. The Hall–Kier alpha value is -1.32. The Morgan fingerprint density at radius 1 is 1.09 bits per heavy atom. The standard InChI is InChI=1S/C7H6N2O2/c10-6-4-2-1-3-5(4)8-9-7(6)11/h1-3H2. The molecule has 0 bridgehead atoms. The molecule has 2 rings (SSSR count). The van der Waals surface area contributed by atoms with Gasteiger partial charge in [0.1, 0.15) is 0 Å². The first kappa shape index (κ1) is 6.39. The molecule has 0 aromatic carbocycles. The lowest BCUT2D eigenvalue weighted by molar-refractivity contribution is -0.134. The molecule has 0 atom stereocenters. The molecule has 0 saturated carbocycles. The zero-order chi connectivity index (χ0) is 7.84. The van der Waals surface area contributed by atoms with Crippen molar-refractivity contribution in [1.82, 2.24) is 0 Å². The van der Waals surface area contributed by atoms with E-state index in [0.717, 1.165) is 18.5 Å². The number of nitrogens with zero attached hydrogens (tertiary/aromatic N) is 2. The molecule has 0 fully saturated rings. The largest absolute Gasteiger partial charge is 0.336 e. The predicted octanol–water partition coefficient (Wildman–Crippen LogP) is 0.986. The molecule has 1 aliphatic carbocycles. The van der Waals surface area contributed by atoms with Gasteiger partial charge in [-0.3, -0.25) is 9.59 Å². The van der Waals surface area contributed by atoms with Gasteiger partial charge in [0.2, 0.25) is 0 Å². The van der Waals surface area contributed by atoms with E-state index in [9.17, 15) is 9.59 Å². The van der Waals surface area contributed by atoms with Crippen LogP contribution in [0.25, 0.3) is 0 Å². The summed E-state index contributed by atoms with van der Waals surface area (Å²) in [6, 6.07) is 0. The number of allylic oxidation sites excluding steroid dienone is 1. The minimum absolute atomic E-state index is 0.451. The Morgan fingerprint density at radius 3 is 2.73 bits per heavy atom. The van der Waals surface area contributed by atoms with E-state index in [1.54, 1.807) is 0 Å². The SMILES string of the molecule is O=C1N=NC2=C(CCC2)C1=O. The molecule has 2 aliphatic rings. The maximum absolute atomic E-state index is 11.0. The molecule has 0 unspecified atom stereocenters. The lowest BCUT2D eigenvalue weighted by Crippen LogP contribution is -2.16. The third-order valence-electron chi connectivity index (χ3n) is 1.92. The number of amides is 1. The molecule has 1 amide bonds. The molecule has 4 heteroatoms. The van der Waals surface area contributed by atoms with Crippen molar-refractivity contribution in [3.05, 3.63) is 11.3 Å². The summed E-state index contributed by atoms with van der Waals surface area (Å²) < 4.78 is 0. The van der Waals surface area contributed by atoms with Gasteiger partial charge >= 0.3 is 5.91 Å². The van der Waals surface area contributed by atoms with Crippen molar-refractivity contribution in [3.63, 3.8) is 0 Å². The summed E-state index contributed by atoms with van der Waals surface area (Å²) in [6.07, 6.45) is 2.40. The molecule has 56 valence electrons. The number of carbonyl (C=O) groups excluding carboxylic acids is 2. The molecule has 0 saturated heterocycles. The Kier molecular flexibility index (Phi) is 1.21. The van der Waals surface area contributed by atoms with Crippen molar-refractivity contribution in [3.8, 4) is 0 Å². The first-order valence-electron chi connectivity index (χ1n) is 3.51. The summed E-state index contributed by atoms with van der Waals surface area (Å²) >= 11 is 0. The number of hydrogen-bond donors (Lipinski definition) is 0. The zero-order valence-electron chi connectivity index (χ0n) is 5.83. The van der Waals surface area contributed by atoms with Gasteiger partial charge in [0, 0.05) is 5.57 Å². The van der Waals surface area contributed by atoms with Crippen LogP contribution in [-0.2, 0) is 9.59 Å². The smallest absolute Gasteiger partial charge is 0.283 e. The Bertz CT molecular complexity index is 302. The number of azo groups is 1. The fraction of sp³-hybridized carbons (Fsp3) is 0.429. The number of rotatable bonds is 0. The minimum atomic E-state index is -0.717. The zero-order valence-corrected chi connectivity index (χ0v) is 5.83. The average Bonchev–Trinajstić information content (AvgIpc) is 2.45. The average molecular weight is 150 g/mol. The summed E-state index contributed by atoms with van der Waals surface area (Å²) in [5.74, 6) is -1.17. The molecule has 0 spiro atoms. The highest BCUT2D eigenvalue weighted by molar-refractivity contribution is 6.43. The summed E-state index contributed by atoms with van der Waals surface area (Å²) in [7, 11) is 0. The normalized spacial score (nSPS) is 22.9. The van der Waals surface area contributed by atoms with Gasteiger partial charge < -0.3 is 0 Å². The maximum Gasteiger partial charge on any atom is 0.336 e. The number of carbonyl (C=O) groups is 2. The molecule has 0 aromatic rings. The molecule has 1 heterocycles. The Balaban J connectivity index is 2.45. The van der Waals surface area contributed by atoms with Gasteiger partial charge in [0.15, 0.2) is 0 Å². The van der Waals surface area contributed by atoms with Crippen molar-refractivity contribution < 1.29 is 9.59 Å². The van der Waals surface area contributed by atoms with Crippen molar-refractivity contribution in [2.45, 2.75) is 19.3 Å². The van der Waals surface area contributed by atoms with Crippen LogP contribution >= 0.6 is 0 Å². The summed E-state index contributed by atoms with van der Waals surface area (Å²) in [6.45, 7) is 0. The molecule has 1 aliphatic heterocycles. The van der Waals surface area contributed by atoms with Gasteiger partial charge in [-0.1, -0.05) is 0 Å². The first-order valence-corrected chi connectivity index (χ1v) is 3.51. The van der Waals surface area contributed by atoms with Crippen molar-refractivity contribution in [2.75, 3.05) is 0 Å². The van der Waals surface area contributed by atoms with Crippen LogP contribution in [0.4, 0.5) is 0 Å². The fourth-order valence-electron chi connectivity index (χ4n) is 1.36. The summed E-state index contributed by atoms with van der Waals surface area (Å²) in [5.41, 5.74) is 1.31. The van der Waals surface area contributed by atoms with Crippen LogP contribution in [0.15, 0.2) is 21.5 Å². The van der Waals surface area contributed by atoms with Gasteiger partial charge in [-0.05, 0) is 19.3 Å². The number of hydrogen-bond acceptors (Lipinski definition) is 3. The monoisotopic (exact) mass is 150 g/mol. The fourth-order valence-corrected chi connectivity index (χ4v) is 1.36. The van der Waals surface area contributed by atoms with Crippen LogP contribution in [0, 0.1) is 0 Å². The van der Waals surface area contributed by atoms with Crippen LogP contribution in [0.3, 0.4) is 0 Å². The Morgan fingerprint density at radius 2 is 1.91 bits per heavy atom. The molecular formula is C7H6N2O2. The highest BCUT2D eigenvalue weighted by Crippen LogP contribution is 2.30. The maximum atomic E-state index is 11.0. The van der Waals surface area contributed by atoms with Crippen LogP contribution in [0.2, 0.25) is 0 Å². The van der Waals surface area contributed by atoms with E-state index >= 15 is 0 Å². The number of Topliss-reactive ketones (excluding diaryl/α,β-unsaturated/α-hetero) is 1. The summed E-state index contributed by atoms with van der Waals surface area (Å²) in [4.78, 5) is 21.7. The molecule has 0 aromatic heterocycles. The third-order valence-corrected chi connectivity index (χ3v) is 1.92. The molecule has 4 nitrogen and oxygen atoms in total. The molecule has 0 radical (unpaired) electrons. The lowest BCUT2D eigenvalue weighted by Gasteiger charge is -2.01. The van der Waals surface area contributed by atoms with Gasteiger partial charge in [-0.2, -0.15) is 5.11 Å². The van der Waals surface area contributed by atoms with E-state index in [-0.39, 0.29) is 0 Å².